The van der Waals surface area contributed by atoms with Crippen molar-refractivity contribution in [2.45, 2.75) is 31.7 Å². The van der Waals surface area contributed by atoms with Gasteiger partial charge in [-0.25, -0.2) is 4.98 Å². The summed E-state index contributed by atoms with van der Waals surface area (Å²) in [5.74, 6) is 1.97. The number of hydrogen-bond donors (Lipinski definition) is 2. The first-order chi connectivity index (χ1) is 16.7. The molecule has 2 aliphatic rings. The number of nitrogens with one attached hydrogen (secondary N) is 1. The molecule has 0 saturated carbocycles. The smallest absolute Gasteiger partial charge is 0.227 e. The summed E-state index contributed by atoms with van der Waals surface area (Å²) in [7, 11) is 0. The first-order valence-electron chi connectivity index (χ1n) is 12.2. The lowest BCUT2D eigenvalue weighted by Crippen LogP contribution is -2.49. The van der Waals surface area contributed by atoms with Crippen LogP contribution < -0.4 is 10.2 Å². The molecule has 0 aliphatic carbocycles. The van der Waals surface area contributed by atoms with Gasteiger partial charge in [0.2, 0.25) is 5.95 Å². The molecule has 5 rings (SSSR count). The average Bonchev–Trinajstić information content (AvgIpc) is 2.90. The van der Waals surface area contributed by atoms with Gasteiger partial charge in [0, 0.05) is 54.6 Å². The van der Waals surface area contributed by atoms with Crippen molar-refractivity contribution >= 4 is 29.1 Å². The largest absolute Gasteiger partial charge is 0.396 e. The van der Waals surface area contributed by atoms with Crippen molar-refractivity contribution in [3.8, 4) is 11.3 Å². The standard InChI is InChI=1S/C27H32ClN5O/c28-22-8-10-23(11-9-22)29-26-17-25(21-6-2-1-3-7-21)30-27(31-26)32-15-12-24(13-16-32)33-14-4-5-20(18-33)19-34/h1-3,6-11,17,20,24,34H,4-5,12-16,18-19H2,(H,29,30,31). The second-order valence-corrected chi connectivity index (χ2v) is 9.78. The van der Waals surface area contributed by atoms with Gasteiger partial charge in [0.15, 0.2) is 0 Å². The third-order valence-electron chi connectivity index (χ3n) is 6.97. The highest BCUT2D eigenvalue weighted by Gasteiger charge is 2.29. The Hall–Kier alpha value is -2.67. The fourth-order valence-electron chi connectivity index (χ4n) is 5.09. The monoisotopic (exact) mass is 477 g/mol. The van der Waals surface area contributed by atoms with Gasteiger partial charge >= 0.3 is 0 Å². The van der Waals surface area contributed by atoms with Crippen LogP contribution in [0.1, 0.15) is 25.7 Å². The summed E-state index contributed by atoms with van der Waals surface area (Å²) in [6.45, 7) is 4.35. The van der Waals surface area contributed by atoms with E-state index in [1.165, 1.54) is 6.42 Å². The Morgan fingerprint density at radius 3 is 2.44 bits per heavy atom. The fraction of sp³-hybridized carbons (Fsp3) is 0.407. The molecule has 2 saturated heterocycles. The van der Waals surface area contributed by atoms with Crippen LogP contribution in [0.5, 0.6) is 0 Å². The van der Waals surface area contributed by atoms with Crippen LogP contribution in [0.15, 0.2) is 60.7 Å². The molecule has 0 radical (unpaired) electrons. The molecular formula is C27H32ClN5O. The Kier molecular flexibility index (Phi) is 7.28. The molecule has 3 heterocycles. The maximum Gasteiger partial charge on any atom is 0.227 e. The predicted molar refractivity (Wildman–Crippen MR) is 139 cm³/mol. The minimum atomic E-state index is 0.304. The highest BCUT2D eigenvalue weighted by Crippen LogP contribution is 2.29. The summed E-state index contributed by atoms with van der Waals surface area (Å²) >= 11 is 6.05. The molecule has 2 fully saturated rings. The Morgan fingerprint density at radius 2 is 1.71 bits per heavy atom. The van der Waals surface area contributed by atoms with Crippen LogP contribution in [0.4, 0.5) is 17.5 Å². The number of aromatic nitrogens is 2. The van der Waals surface area contributed by atoms with E-state index in [0.29, 0.717) is 23.6 Å². The van der Waals surface area contributed by atoms with Crippen LogP contribution in [-0.4, -0.2) is 58.8 Å². The van der Waals surface area contributed by atoms with Crippen molar-refractivity contribution in [3.05, 3.63) is 65.7 Å². The summed E-state index contributed by atoms with van der Waals surface area (Å²) in [4.78, 5) is 14.7. The van der Waals surface area contributed by atoms with Gasteiger partial charge in [0.05, 0.1) is 5.69 Å². The summed E-state index contributed by atoms with van der Waals surface area (Å²) in [5.41, 5.74) is 2.92. The van der Waals surface area contributed by atoms with E-state index in [4.69, 9.17) is 21.6 Å². The van der Waals surface area contributed by atoms with E-state index in [9.17, 15) is 5.11 Å². The summed E-state index contributed by atoms with van der Waals surface area (Å²) in [6.07, 6.45) is 4.52. The summed E-state index contributed by atoms with van der Waals surface area (Å²) in [6, 6.07) is 20.5. The van der Waals surface area contributed by atoms with Crippen LogP contribution >= 0.6 is 11.6 Å². The number of piperidine rings is 2. The van der Waals surface area contributed by atoms with Gasteiger partial charge in [0.1, 0.15) is 5.82 Å². The number of benzene rings is 2. The Bertz CT molecular complexity index is 1070. The van der Waals surface area contributed by atoms with Crippen molar-refractivity contribution in [1.82, 2.24) is 14.9 Å². The van der Waals surface area contributed by atoms with Crippen molar-refractivity contribution in [1.29, 1.82) is 0 Å². The number of aliphatic hydroxyl groups excluding tert-OH is 1. The molecule has 178 valence electrons. The summed E-state index contributed by atoms with van der Waals surface area (Å²) < 4.78 is 0. The van der Waals surface area contributed by atoms with Crippen molar-refractivity contribution in [3.63, 3.8) is 0 Å². The molecule has 1 aromatic heterocycles. The van der Waals surface area contributed by atoms with E-state index in [-0.39, 0.29) is 0 Å². The molecule has 1 unspecified atom stereocenters. The maximum atomic E-state index is 9.60. The third kappa shape index (κ3) is 5.52. The lowest BCUT2D eigenvalue weighted by atomic mass is 9.94. The molecule has 2 N–H and O–H groups in total. The van der Waals surface area contributed by atoms with Gasteiger partial charge in [-0.3, -0.25) is 4.90 Å². The first kappa shape index (κ1) is 23.1. The first-order valence-corrected chi connectivity index (χ1v) is 12.6. The Morgan fingerprint density at radius 1 is 0.941 bits per heavy atom. The van der Waals surface area contributed by atoms with Gasteiger partial charge in [-0.2, -0.15) is 4.98 Å². The molecule has 1 atom stereocenters. The van der Waals surface area contributed by atoms with Gasteiger partial charge in [-0.15, -0.1) is 0 Å². The maximum absolute atomic E-state index is 9.60. The van der Waals surface area contributed by atoms with Crippen LogP contribution in [-0.2, 0) is 0 Å². The number of aliphatic hydroxyl groups is 1. The van der Waals surface area contributed by atoms with Gasteiger partial charge in [-0.05, 0) is 62.4 Å². The summed E-state index contributed by atoms with van der Waals surface area (Å²) in [5, 5.41) is 13.7. The second-order valence-electron chi connectivity index (χ2n) is 9.34. The Balaban J connectivity index is 1.35. The van der Waals surface area contributed by atoms with Crippen LogP contribution in [0.2, 0.25) is 5.02 Å². The quantitative estimate of drug-likeness (QED) is 0.508. The number of rotatable bonds is 6. The van der Waals surface area contributed by atoms with Crippen molar-refractivity contribution in [2.75, 3.05) is 43.0 Å². The van der Waals surface area contributed by atoms with Gasteiger partial charge < -0.3 is 15.3 Å². The lowest BCUT2D eigenvalue weighted by molar-refractivity contribution is 0.0776. The van der Waals surface area contributed by atoms with Crippen LogP contribution in [0.3, 0.4) is 0 Å². The molecule has 7 heteroatoms. The van der Waals surface area contributed by atoms with E-state index in [1.807, 2.05) is 48.5 Å². The molecule has 3 aromatic rings. The SMILES string of the molecule is OCC1CCCN(C2CCN(c3nc(Nc4ccc(Cl)cc4)cc(-c4ccccc4)n3)CC2)C1. The molecule has 0 bridgehead atoms. The number of likely N-dealkylation sites (tertiary alicyclic amines) is 1. The topological polar surface area (TPSA) is 64.5 Å². The zero-order valence-corrected chi connectivity index (χ0v) is 20.2. The minimum Gasteiger partial charge on any atom is -0.396 e. The molecule has 0 spiro atoms. The highest BCUT2D eigenvalue weighted by molar-refractivity contribution is 6.30. The van der Waals surface area contributed by atoms with Crippen LogP contribution in [0, 0.1) is 5.92 Å². The zero-order chi connectivity index (χ0) is 23.3. The lowest BCUT2D eigenvalue weighted by Gasteiger charge is -2.42. The molecule has 6 nitrogen and oxygen atoms in total. The Labute approximate surface area is 206 Å². The average molecular weight is 478 g/mol. The van der Waals surface area contributed by atoms with E-state index in [2.05, 4.69) is 27.2 Å². The second kappa shape index (κ2) is 10.7. The third-order valence-corrected chi connectivity index (χ3v) is 7.22. The highest BCUT2D eigenvalue weighted by atomic mass is 35.5. The molecule has 34 heavy (non-hydrogen) atoms. The predicted octanol–water partition coefficient (Wildman–Crippen LogP) is 5.21. The van der Waals surface area contributed by atoms with Gasteiger partial charge in [0.25, 0.3) is 0 Å². The van der Waals surface area contributed by atoms with E-state index >= 15 is 0 Å². The molecule has 2 aliphatic heterocycles. The molecule has 0 amide bonds. The number of nitrogens with zero attached hydrogens (tertiary/aromatic N) is 4. The number of halogens is 1. The van der Waals surface area contributed by atoms with Crippen molar-refractivity contribution < 1.29 is 5.11 Å². The van der Waals surface area contributed by atoms with Crippen LogP contribution in [0.25, 0.3) is 11.3 Å². The van der Waals surface area contributed by atoms with Crippen molar-refractivity contribution in [2.24, 2.45) is 5.92 Å². The van der Waals surface area contributed by atoms with Gasteiger partial charge in [-0.1, -0.05) is 41.9 Å². The molecular weight excluding hydrogens is 446 g/mol. The zero-order valence-electron chi connectivity index (χ0n) is 19.4. The number of anilines is 3. The normalized spacial score (nSPS) is 19.8. The molecule has 2 aromatic carbocycles. The van der Waals surface area contributed by atoms with E-state index in [1.54, 1.807) is 0 Å². The van der Waals surface area contributed by atoms with E-state index in [0.717, 1.165) is 74.2 Å². The fourth-order valence-corrected chi connectivity index (χ4v) is 5.21. The van der Waals surface area contributed by atoms with E-state index < -0.39 is 0 Å². The minimum absolute atomic E-state index is 0.304. The number of hydrogen-bond acceptors (Lipinski definition) is 6.